The van der Waals surface area contributed by atoms with Gasteiger partial charge in [-0.1, -0.05) is 38.5 Å². The number of hydrogen-bond acceptors (Lipinski definition) is 4. The molecule has 2 aromatic rings. The minimum Gasteiger partial charge on any atom is -0.491 e. The van der Waals surface area contributed by atoms with E-state index in [9.17, 15) is 0 Å². The van der Waals surface area contributed by atoms with Crippen LogP contribution >= 0.6 is 0 Å². The summed E-state index contributed by atoms with van der Waals surface area (Å²) in [5.74, 6) is 3.93. The van der Waals surface area contributed by atoms with Gasteiger partial charge in [-0.2, -0.15) is 0 Å². The molecule has 2 aromatic carbocycles. The zero-order valence-corrected chi connectivity index (χ0v) is 18.2. The van der Waals surface area contributed by atoms with Crippen molar-refractivity contribution in [2.45, 2.75) is 65.5 Å². The van der Waals surface area contributed by atoms with Gasteiger partial charge in [0, 0.05) is 6.54 Å². The fourth-order valence-electron chi connectivity index (χ4n) is 3.66. The maximum absolute atomic E-state index is 5.79. The molecule has 29 heavy (non-hydrogen) atoms. The topological polar surface area (TPSA) is 39.7 Å². The van der Waals surface area contributed by atoms with Gasteiger partial charge < -0.3 is 19.5 Å². The average molecular weight is 398 g/mol. The van der Waals surface area contributed by atoms with E-state index >= 15 is 0 Å². The molecule has 4 nitrogen and oxygen atoms in total. The van der Waals surface area contributed by atoms with E-state index in [2.05, 4.69) is 69.4 Å². The summed E-state index contributed by atoms with van der Waals surface area (Å²) < 4.78 is 16.6. The molecule has 0 amide bonds. The quantitative estimate of drug-likeness (QED) is 0.479. The smallest absolute Gasteiger partial charge is 0.231 e. The van der Waals surface area contributed by atoms with Crippen molar-refractivity contribution in [1.82, 2.24) is 5.32 Å². The van der Waals surface area contributed by atoms with Gasteiger partial charge >= 0.3 is 0 Å². The van der Waals surface area contributed by atoms with E-state index in [0.29, 0.717) is 12.7 Å². The third-order valence-corrected chi connectivity index (χ3v) is 5.25. The van der Waals surface area contributed by atoms with Crippen molar-refractivity contribution >= 4 is 0 Å². The molecule has 0 saturated heterocycles. The highest BCUT2D eigenvalue weighted by Crippen LogP contribution is 2.32. The zero-order chi connectivity index (χ0) is 20.6. The molecule has 0 aliphatic carbocycles. The number of nitrogens with one attached hydrogen (secondary N) is 1. The van der Waals surface area contributed by atoms with Crippen LogP contribution in [0.5, 0.6) is 17.2 Å². The SMILES string of the molecule is CC(C)CC[C@H](CCNCc1ccc2c(c1)OCO2)c1ccc(OC(C)C)cc1. The molecule has 1 aliphatic rings. The normalized spacial score (nSPS) is 13.9. The molecule has 3 rings (SSSR count). The van der Waals surface area contributed by atoms with Crippen LogP contribution in [0.2, 0.25) is 0 Å². The van der Waals surface area contributed by atoms with Gasteiger partial charge in [0.1, 0.15) is 5.75 Å². The van der Waals surface area contributed by atoms with Crippen LogP contribution in [0.15, 0.2) is 42.5 Å². The molecule has 0 fully saturated rings. The summed E-state index contributed by atoms with van der Waals surface area (Å²) in [5, 5.41) is 3.60. The minimum atomic E-state index is 0.206. The number of ether oxygens (including phenoxy) is 3. The first kappa shape index (κ1) is 21.5. The molecule has 0 aromatic heterocycles. The first-order valence-electron chi connectivity index (χ1n) is 10.9. The monoisotopic (exact) mass is 397 g/mol. The van der Waals surface area contributed by atoms with Gasteiger partial charge in [-0.05, 0) is 80.5 Å². The van der Waals surface area contributed by atoms with Gasteiger partial charge in [0.05, 0.1) is 6.10 Å². The third kappa shape index (κ3) is 6.67. The van der Waals surface area contributed by atoms with E-state index in [0.717, 1.165) is 42.7 Å². The molecule has 0 spiro atoms. The third-order valence-electron chi connectivity index (χ3n) is 5.25. The largest absolute Gasteiger partial charge is 0.491 e. The zero-order valence-electron chi connectivity index (χ0n) is 18.2. The molecule has 0 radical (unpaired) electrons. The Labute approximate surface area is 175 Å². The second kappa shape index (κ2) is 10.5. The van der Waals surface area contributed by atoms with Crippen molar-refractivity contribution in [3.05, 3.63) is 53.6 Å². The number of fused-ring (bicyclic) bond motifs is 1. The van der Waals surface area contributed by atoms with Crippen molar-refractivity contribution in [2.75, 3.05) is 13.3 Å². The first-order valence-corrected chi connectivity index (χ1v) is 10.9. The lowest BCUT2D eigenvalue weighted by Gasteiger charge is -2.20. The Morgan fingerprint density at radius 3 is 2.38 bits per heavy atom. The van der Waals surface area contributed by atoms with Gasteiger partial charge in [0.2, 0.25) is 6.79 Å². The van der Waals surface area contributed by atoms with Crippen LogP contribution in [0.4, 0.5) is 0 Å². The van der Waals surface area contributed by atoms with Gasteiger partial charge in [-0.3, -0.25) is 0 Å². The summed E-state index contributed by atoms with van der Waals surface area (Å²) in [6, 6.07) is 14.9. The molecule has 0 unspecified atom stereocenters. The highest BCUT2D eigenvalue weighted by atomic mass is 16.7. The summed E-state index contributed by atoms with van der Waals surface area (Å²) in [6.45, 7) is 10.9. The van der Waals surface area contributed by atoms with E-state index in [-0.39, 0.29) is 6.10 Å². The second-order valence-corrected chi connectivity index (χ2v) is 8.56. The standard InChI is InChI=1S/C25H35NO3/c1-18(2)5-7-22(21-8-10-23(11-9-21)29-19(3)4)13-14-26-16-20-6-12-24-25(15-20)28-17-27-24/h6,8-12,15,18-19,22,26H,5,7,13-14,16-17H2,1-4H3/t22-/m1/s1. The Morgan fingerprint density at radius 2 is 1.66 bits per heavy atom. The summed E-state index contributed by atoms with van der Waals surface area (Å²) in [7, 11) is 0. The minimum absolute atomic E-state index is 0.206. The van der Waals surface area contributed by atoms with Gasteiger partial charge in [0.25, 0.3) is 0 Å². The molecular weight excluding hydrogens is 362 g/mol. The van der Waals surface area contributed by atoms with Gasteiger partial charge in [0.15, 0.2) is 11.5 Å². The van der Waals surface area contributed by atoms with Crippen molar-refractivity contribution in [3.8, 4) is 17.2 Å². The van der Waals surface area contributed by atoms with E-state index in [4.69, 9.17) is 14.2 Å². The van der Waals surface area contributed by atoms with Crippen molar-refractivity contribution in [2.24, 2.45) is 5.92 Å². The maximum atomic E-state index is 5.79. The Hall–Kier alpha value is -2.20. The molecule has 158 valence electrons. The van der Waals surface area contributed by atoms with Crippen molar-refractivity contribution in [3.63, 3.8) is 0 Å². The molecule has 1 atom stereocenters. The van der Waals surface area contributed by atoms with Crippen molar-refractivity contribution in [1.29, 1.82) is 0 Å². The molecule has 1 N–H and O–H groups in total. The molecule has 4 heteroatoms. The van der Waals surface area contributed by atoms with Crippen LogP contribution < -0.4 is 19.5 Å². The maximum Gasteiger partial charge on any atom is 0.231 e. The van der Waals surface area contributed by atoms with E-state index < -0.39 is 0 Å². The molecular formula is C25H35NO3. The second-order valence-electron chi connectivity index (χ2n) is 8.56. The predicted octanol–water partition coefficient (Wildman–Crippen LogP) is 5.90. The highest BCUT2D eigenvalue weighted by Gasteiger charge is 2.14. The number of rotatable bonds is 11. The molecule has 0 bridgehead atoms. The summed E-state index contributed by atoms with van der Waals surface area (Å²) in [6.07, 6.45) is 3.80. The number of benzene rings is 2. The highest BCUT2D eigenvalue weighted by molar-refractivity contribution is 5.44. The van der Waals surface area contributed by atoms with E-state index in [1.807, 2.05) is 6.07 Å². The predicted molar refractivity (Wildman–Crippen MR) is 118 cm³/mol. The fraction of sp³-hybridized carbons (Fsp3) is 0.520. The van der Waals surface area contributed by atoms with Crippen LogP contribution in [0.25, 0.3) is 0 Å². The van der Waals surface area contributed by atoms with Crippen LogP contribution in [-0.2, 0) is 6.54 Å². The van der Waals surface area contributed by atoms with Crippen LogP contribution in [-0.4, -0.2) is 19.4 Å². The summed E-state index contributed by atoms with van der Waals surface area (Å²) in [4.78, 5) is 0. The van der Waals surface area contributed by atoms with Crippen molar-refractivity contribution < 1.29 is 14.2 Å². The molecule has 1 heterocycles. The lowest BCUT2D eigenvalue weighted by atomic mass is 9.88. The first-order chi connectivity index (χ1) is 14.0. The Morgan fingerprint density at radius 1 is 0.897 bits per heavy atom. The summed E-state index contributed by atoms with van der Waals surface area (Å²) in [5.41, 5.74) is 2.63. The lowest BCUT2D eigenvalue weighted by molar-refractivity contribution is 0.174. The Kier molecular flexibility index (Phi) is 7.82. The van der Waals surface area contributed by atoms with Crippen LogP contribution in [0.3, 0.4) is 0 Å². The van der Waals surface area contributed by atoms with Crippen LogP contribution in [0.1, 0.15) is 64.0 Å². The lowest BCUT2D eigenvalue weighted by Crippen LogP contribution is -2.17. The average Bonchev–Trinajstić information content (AvgIpc) is 3.15. The van der Waals surface area contributed by atoms with E-state index in [1.165, 1.54) is 24.0 Å². The Bertz CT molecular complexity index is 755. The van der Waals surface area contributed by atoms with Gasteiger partial charge in [-0.15, -0.1) is 0 Å². The van der Waals surface area contributed by atoms with Gasteiger partial charge in [-0.25, -0.2) is 0 Å². The van der Waals surface area contributed by atoms with E-state index in [1.54, 1.807) is 0 Å². The van der Waals surface area contributed by atoms with Crippen LogP contribution in [0, 0.1) is 5.92 Å². The molecule has 1 aliphatic heterocycles. The Balaban J connectivity index is 1.53. The molecule has 0 saturated carbocycles. The fourth-order valence-corrected chi connectivity index (χ4v) is 3.66. The number of hydrogen-bond donors (Lipinski definition) is 1. The summed E-state index contributed by atoms with van der Waals surface area (Å²) >= 11 is 0.